The van der Waals surface area contributed by atoms with E-state index in [0.29, 0.717) is 16.4 Å². The predicted molar refractivity (Wildman–Crippen MR) is 167 cm³/mol. The zero-order valence-corrected chi connectivity index (χ0v) is 26.4. The molecule has 4 heterocycles. The van der Waals surface area contributed by atoms with E-state index in [1.54, 1.807) is 24.2 Å². The van der Waals surface area contributed by atoms with Crippen molar-refractivity contribution >= 4 is 86.9 Å². The second-order valence-corrected chi connectivity index (χ2v) is 13.9. The van der Waals surface area contributed by atoms with Crippen LogP contribution in [0.3, 0.4) is 0 Å². The number of carbonyl (C=O) groups excluding carboxylic acids is 2. The summed E-state index contributed by atoms with van der Waals surface area (Å²) in [5.41, 5.74) is 5.86. The lowest BCUT2D eigenvalue weighted by atomic mass is 10.0. The molecule has 0 unspecified atom stereocenters. The number of pyridine rings is 1. The monoisotopic (exact) mass is 672 g/mol. The van der Waals surface area contributed by atoms with E-state index in [4.69, 9.17) is 17.3 Å². The van der Waals surface area contributed by atoms with Gasteiger partial charge in [0.2, 0.25) is 0 Å². The van der Waals surface area contributed by atoms with Crippen molar-refractivity contribution in [2.45, 2.75) is 28.5 Å². The number of nitrogens with one attached hydrogen (secondary N) is 3. The highest BCUT2D eigenvalue weighted by molar-refractivity contribution is 8.06. The summed E-state index contributed by atoms with van der Waals surface area (Å²) in [7, 11) is 1.93. The second kappa shape index (κ2) is 15.3. The molecule has 1 fully saturated rings. The average molecular weight is 673 g/mol. The second-order valence-electron chi connectivity index (χ2n) is 8.91. The van der Waals surface area contributed by atoms with E-state index >= 15 is 0 Å². The molecule has 2 aromatic heterocycles. The van der Waals surface area contributed by atoms with Crippen LogP contribution in [0.5, 0.6) is 0 Å². The number of halogens is 1. The Kier molecular flexibility index (Phi) is 11.8. The van der Waals surface area contributed by atoms with E-state index in [2.05, 4.69) is 31.1 Å². The van der Waals surface area contributed by atoms with Gasteiger partial charge in [-0.15, -0.1) is 11.8 Å². The number of nitrogens with zero attached hydrogens (tertiary/aromatic N) is 4. The average Bonchev–Trinajstić information content (AvgIpc) is 3.30. The van der Waals surface area contributed by atoms with Crippen LogP contribution in [-0.4, -0.2) is 98.3 Å². The lowest BCUT2D eigenvalue weighted by Gasteiger charge is -2.49. The molecule has 4 rings (SSSR count). The zero-order valence-electron chi connectivity index (χ0n) is 22.3. The number of nitrogens with two attached hydrogens (primary N) is 1. The minimum absolute atomic E-state index is 0.0487. The molecular weight excluding hydrogens is 644 g/mol. The van der Waals surface area contributed by atoms with E-state index in [1.165, 1.54) is 28.4 Å². The van der Waals surface area contributed by atoms with Crippen LogP contribution in [0.15, 0.2) is 39.1 Å². The highest BCUT2D eigenvalue weighted by atomic mass is 35.5. The molecule has 2 aliphatic heterocycles. The number of aromatic nitrogens is 2. The molecule has 2 aromatic rings. The molecule has 2 amide bonds. The maximum absolute atomic E-state index is 13.1. The van der Waals surface area contributed by atoms with Crippen molar-refractivity contribution in [1.82, 2.24) is 30.8 Å². The van der Waals surface area contributed by atoms with Crippen molar-refractivity contribution in [2.24, 2.45) is 5.16 Å². The summed E-state index contributed by atoms with van der Waals surface area (Å²) in [6.45, 7) is 2.81. The van der Waals surface area contributed by atoms with Gasteiger partial charge in [-0.05, 0) is 38.2 Å². The first-order chi connectivity index (χ1) is 20.3. The molecule has 2 atom stereocenters. The van der Waals surface area contributed by atoms with E-state index in [1.807, 2.05) is 13.1 Å². The summed E-state index contributed by atoms with van der Waals surface area (Å²) in [4.78, 5) is 49.0. The highest BCUT2D eigenvalue weighted by Crippen LogP contribution is 2.46. The molecule has 18 heteroatoms. The van der Waals surface area contributed by atoms with E-state index in [9.17, 15) is 24.7 Å². The van der Waals surface area contributed by atoms with Gasteiger partial charge in [-0.2, -0.15) is 11.8 Å². The summed E-state index contributed by atoms with van der Waals surface area (Å²) in [5.74, 6) is -0.785. The van der Waals surface area contributed by atoms with Gasteiger partial charge in [0.25, 0.3) is 11.8 Å². The molecule has 1 saturated heterocycles. The highest BCUT2D eigenvalue weighted by Gasteiger charge is 2.54. The predicted octanol–water partition coefficient (Wildman–Crippen LogP) is 1.87. The molecule has 0 spiro atoms. The lowest BCUT2D eigenvalue weighted by Crippen LogP contribution is -2.71. The molecule has 42 heavy (non-hydrogen) atoms. The van der Waals surface area contributed by atoms with E-state index in [0.717, 1.165) is 53.6 Å². The van der Waals surface area contributed by atoms with Crippen LogP contribution in [0, 0.1) is 0 Å². The number of carboxylic acids is 1. The Morgan fingerprint density at radius 1 is 1.33 bits per heavy atom. The van der Waals surface area contributed by atoms with Crippen LogP contribution in [0.25, 0.3) is 0 Å². The zero-order chi connectivity index (χ0) is 30.2. The largest absolute Gasteiger partial charge is 0.477 e. The topological polar surface area (TPSA) is 195 Å². The third-order valence-electron chi connectivity index (χ3n) is 6.12. The van der Waals surface area contributed by atoms with Gasteiger partial charge in [0.1, 0.15) is 27.1 Å². The van der Waals surface area contributed by atoms with Crippen LogP contribution in [0.2, 0.25) is 4.34 Å². The van der Waals surface area contributed by atoms with Gasteiger partial charge in [0.05, 0.1) is 0 Å². The number of carboxylic acid groups (broad SMARTS) is 1. The lowest BCUT2D eigenvalue weighted by molar-refractivity contribution is -0.150. The molecule has 0 aliphatic carbocycles. The molecule has 226 valence electrons. The molecule has 0 radical (unpaired) electrons. The molecule has 0 saturated carbocycles. The fourth-order valence-corrected chi connectivity index (χ4v) is 8.61. The summed E-state index contributed by atoms with van der Waals surface area (Å²) in [5, 5.41) is 30.9. The molecular formula is C24H29ClN8O5S4. The molecule has 7 N–H and O–H groups in total. The van der Waals surface area contributed by atoms with E-state index < -0.39 is 34.9 Å². The summed E-state index contributed by atoms with van der Waals surface area (Å²) in [6.07, 6.45) is 4.49. The van der Waals surface area contributed by atoms with Crippen molar-refractivity contribution in [3.8, 4) is 0 Å². The van der Waals surface area contributed by atoms with Gasteiger partial charge in [0, 0.05) is 46.0 Å². The number of fused-ring (bicyclic) bond motifs is 1. The van der Waals surface area contributed by atoms with Crippen LogP contribution in [0.1, 0.15) is 17.7 Å². The van der Waals surface area contributed by atoms with Crippen molar-refractivity contribution < 1.29 is 24.7 Å². The number of oxime groups is 1. The van der Waals surface area contributed by atoms with Gasteiger partial charge in [-0.3, -0.25) is 19.5 Å². The Morgan fingerprint density at radius 3 is 2.83 bits per heavy atom. The first kappa shape index (κ1) is 32.4. The first-order valence-electron chi connectivity index (χ1n) is 12.7. The maximum Gasteiger partial charge on any atom is 0.353 e. The smallest absolute Gasteiger partial charge is 0.353 e. The van der Waals surface area contributed by atoms with Gasteiger partial charge in [0.15, 0.2) is 10.8 Å². The SMILES string of the molecule is CNCCCNCCSCc1cnccc1SC1=C(C(=O)O)N2C(=O)[C@@H](NC(=O)/C(=N\O)c3nc(N)sc3Cl)[C@H]2SC1. The Balaban J connectivity index is 1.41. The third-order valence-corrected chi connectivity index (χ3v) is 10.9. The maximum atomic E-state index is 13.1. The van der Waals surface area contributed by atoms with Crippen LogP contribution in [-0.2, 0) is 20.1 Å². The Bertz CT molecular complexity index is 1390. The van der Waals surface area contributed by atoms with Gasteiger partial charge < -0.3 is 32.0 Å². The number of amides is 2. The quantitative estimate of drug-likeness (QED) is 0.0528. The van der Waals surface area contributed by atoms with Crippen molar-refractivity contribution in [3.05, 3.63) is 44.7 Å². The normalized spacial score (nSPS) is 18.6. The Hall–Kier alpha value is -2.54. The van der Waals surface area contributed by atoms with Crippen molar-refractivity contribution in [2.75, 3.05) is 43.9 Å². The van der Waals surface area contributed by atoms with Gasteiger partial charge >= 0.3 is 5.97 Å². The molecule has 0 bridgehead atoms. The summed E-state index contributed by atoms with van der Waals surface area (Å²) < 4.78 is 0.0487. The number of nitrogen functional groups attached to an aromatic ring is 1. The molecule has 13 nitrogen and oxygen atoms in total. The number of thiazole rings is 1. The minimum Gasteiger partial charge on any atom is -0.477 e. The van der Waals surface area contributed by atoms with Crippen LogP contribution >= 0.6 is 58.2 Å². The fourth-order valence-electron chi connectivity index (χ4n) is 4.14. The first-order valence-corrected chi connectivity index (χ1v) is 16.9. The third kappa shape index (κ3) is 7.50. The fraction of sp³-hybridized carbons (Fsp3) is 0.417. The number of carbonyl (C=O) groups is 3. The standard InChI is InChI=1S/C24H29ClN8O5S4/c1-27-4-2-5-28-7-8-39-10-12-9-29-6-3-13(12)41-14-11-40-22-17(21(35)33(22)18(14)23(36)37)30-20(34)16(32-38)15-19(25)42-24(26)31-15/h3,6,9,17,22,27-28,38H,2,4-5,7-8,10-11H2,1H3,(H2,26,31)(H,30,34)(H,36,37)/b32-16-/t17-,22-/m1/s1. The van der Waals surface area contributed by atoms with Crippen LogP contribution in [0.4, 0.5) is 5.13 Å². The number of rotatable bonds is 15. The number of anilines is 1. The van der Waals surface area contributed by atoms with Gasteiger partial charge in [-0.25, -0.2) is 9.78 Å². The summed E-state index contributed by atoms with van der Waals surface area (Å²) in [6, 6.07) is 0.807. The number of β-lactam (4-membered cyclic amide) rings is 1. The van der Waals surface area contributed by atoms with Gasteiger partial charge in [-0.1, -0.05) is 39.9 Å². The molecule has 0 aromatic carbocycles. The van der Waals surface area contributed by atoms with Crippen LogP contribution < -0.4 is 21.7 Å². The minimum atomic E-state index is -1.24. The molecule has 2 aliphatic rings. The Labute approximate surface area is 263 Å². The summed E-state index contributed by atoms with van der Waals surface area (Å²) >= 11 is 11.3. The number of thioether (sulfide) groups is 3. The number of aliphatic carboxylic acids is 1. The van der Waals surface area contributed by atoms with E-state index in [-0.39, 0.29) is 20.9 Å². The van der Waals surface area contributed by atoms with Crippen molar-refractivity contribution in [3.63, 3.8) is 0 Å². The van der Waals surface area contributed by atoms with Crippen molar-refractivity contribution in [1.29, 1.82) is 0 Å². The number of hydrogen-bond acceptors (Lipinski definition) is 14. The Morgan fingerprint density at radius 2 is 2.14 bits per heavy atom. The number of hydrogen-bond donors (Lipinski definition) is 6.